The first-order valence-electron chi connectivity index (χ1n) is 7.48. The zero-order chi connectivity index (χ0) is 16.7. The standard InChI is InChI=1S/C17H22N4O2/c1-13-11-15(16(22)18-9-10-23-3)20-17(19-13)21(2)12-14-7-5-4-6-8-14/h4-8,11H,9-10,12H2,1-3H3,(H,18,22). The number of hydrogen-bond acceptors (Lipinski definition) is 5. The van der Waals surface area contributed by atoms with Crippen LogP contribution in [0.3, 0.4) is 0 Å². The molecule has 1 aromatic carbocycles. The van der Waals surface area contributed by atoms with Crippen molar-refractivity contribution in [2.24, 2.45) is 0 Å². The van der Waals surface area contributed by atoms with Gasteiger partial charge in [-0.25, -0.2) is 9.97 Å². The summed E-state index contributed by atoms with van der Waals surface area (Å²) >= 11 is 0. The Hall–Kier alpha value is -2.47. The molecule has 0 aliphatic heterocycles. The third kappa shape index (κ3) is 5.03. The monoisotopic (exact) mass is 314 g/mol. The Morgan fingerprint density at radius 3 is 2.70 bits per heavy atom. The number of methoxy groups -OCH3 is 1. The van der Waals surface area contributed by atoms with Gasteiger partial charge in [0.25, 0.3) is 5.91 Å². The van der Waals surface area contributed by atoms with Crippen molar-refractivity contribution >= 4 is 11.9 Å². The fraction of sp³-hybridized carbons (Fsp3) is 0.353. The molecule has 0 spiro atoms. The summed E-state index contributed by atoms with van der Waals surface area (Å²) in [5.41, 5.74) is 2.28. The number of hydrogen-bond donors (Lipinski definition) is 1. The largest absolute Gasteiger partial charge is 0.383 e. The van der Waals surface area contributed by atoms with Gasteiger partial charge in [0.2, 0.25) is 5.95 Å². The van der Waals surface area contributed by atoms with Gasteiger partial charge >= 0.3 is 0 Å². The van der Waals surface area contributed by atoms with Crippen molar-refractivity contribution in [1.82, 2.24) is 15.3 Å². The number of carbonyl (C=O) groups excluding carboxylic acids is 1. The first kappa shape index (κ1) is 16.9. The Kier molecular flexibility index (Phi) is 6.05. The molecule has 122 valence electrons. The van der Waals surface area contributed by atoms with Gasteiger partial charge in [-0.05, 0) is 18.6 Å². The van der Waals surface area contributed by atoms with Crippen LogP contribution in [0.25, 0.3) is 0 Å². The van der Waals surface area contributed by atoms with Gasteiger partial charge in [0.1, 0.15) is 5.69 Å². The van der Waals surface area contributed by atoms with Crippen LogP contribution < -0.4 is 10.2 Å². The quantitative estimate of drug-likeness (QED) is 0.789. The number of ether oxygens (including phenoxy) is 1. The van der Waals surface area contributed by atoms with E-state index >= 15 is 0 Å². The SMILES string of the molecule is COCCNC(=O)c1cc(C)nc(N(C)Cc2ccccc2)n1. The summed E-state index contributed by atoms with van der Waals surface area (Å²) in [6.45, 7) is 3.45. The minimum Gasteiger partial charge on any atom is -0.383 e. The number of benzene rings is 1. The van der Waals surface area contributed by atoms with E-state index in [0.29, 0.717) is 31.3 Å². The highest BCUT2D eigenvalue weighted by Crippen LogP contribution is 2.12. The van der Waals surface area contributed by atoms with Crippen LogP contribution in [0.5, 0.6) is 0 Å². The van der Waals surface area contributed by atoms with Crippen LogP contribution in [0, 0.1) is 6.92 Å². The maximum Gasteiger partial charge on any atom is 0.270 e. The third-order valence-corrected chi connectivity index (χ3v) is 3.27. The van der Waals surface area contributed by atoms with Gasteiger partial charge in [-0.3, -0.25) is 4.79 Å². The summed E-state index contributed by atoms with van der Waals surface area (Å²) in [4.78, 5) is 22.8. The summed E-state index contributed by atoms with van der Waals surface area (Å²) < 4.78 is 4.92. The van der Waals surface area contributed by atoms with Gasteiger partial charge in [-0.15, -0.1) is 0 Å². The molecule has 6 heteroatoms. The highest BCUT2D eigenvalue weighted by atomic mass is 16.5. The van der Waals surface area contributed by atoms with Crippen LogP contribution in [-0.2, 0) is 11.3 Å². The second-order valence-corrected chi connectivity index (χ2v) is 5.28. The molecule has 2 rings (SSSR count). The Labute approximate surface area is 136 Å². The number of aromatic nitrogens is 2. The molecule has 23 heavy (non-hydrogen) atoms. The predicted octanol–water partition coefficient (Wildman–Crippen LogP) is 1.80. The third-order valence-electron chi connectivity index (χ3n) is 3.27. The highest BCUT2D eigenvalue weighted by Gasteiger charge is 2.13. The first-order chi connectivity index (χ1) is 11.1. The topological polar surface area (TPSA) is 67.3 Å². The lowest BCUT2D eigenvalue weighted by molar-refractivity contribution is 0.0932. The molecule has 0 atom stereocenters. The molecule has 0 radical (unpaired) electrons. The van der Waals surface area contributed by atoms with Gasteiger partial charge in [-0.1, -0.05) is 30.3 Å². The summed E-state index contributed by atoms with van der Waals surface area (Å²) in [7, 11) is 3.51. The van der Waals surface area contributed by atoms with Crippen molar-refractivity contribution in [3.05, 3.63) is 53.3 Å². The van der Waals surface area contributed by atoms with E-state index in [1.165, 1.54) is 0 Å². The maximum atomic E-state index is 12.1. The van der Waals surface area contributed by atoms with Crippen molar-refractivity contribution < 1.29 is 9.53 Å². The number of nitrogens with zero attached hydrogens (tertiary/aromatic N) is 3. The van der Waals surface area contributed by atoms with Crippen molar-refractivity contribution in [3.63, 3.8) is 0 Å². The lowest BCUT2D eigenvalue weighted by Gasteiger charge is -2.18. The molecule has 2 aromatic rings. The van der Waals surface area contributed by atoms with Crippen LogP contribution in [0.15, 0.2) is 36.4 Å². The molecule has 1 amide bonds. The Morgan fingerprint density at radius 1 is 1.26 bits per heavy atom. The van der Waals surface area contributed by atoms with E-state index in [4.69, 9.17) is 4.74 Å². The zero-order valence-electron chi connectivity index (χ0n) is 13.7. The molecule has 0 saturated carbocycles. The highest BCUT2D eigenvalue weighted by molar-refractivity contribution is 5.92. The molecular formula is C17H22N4O2. The number of amides is 1. The fourth-order valence-electron chi connectivity index (χ4n) is 2.13. The summed E-state index contributed by atoms with van der Waals surface area (Å²) in [5, 5.41) is 2.77. The van der Waals surface area contributed by atoms with Gasteiger partial charge in [0, 0.05) is 32.9 Å². The van der Waals surface area contributed by atoms with E-state index in [9.17, 15) is 4.79 Å². The van der Waals surface area contributed by atoms with E-state index in [1.54, 1.807) is 13.2 Å². The Balaban J connectivity index is 2.11. The summed E-state index contributed by atoms with van der Waals surface area (Å²) in [6.07, 6.45) is 0. The average molecular weight is 314 g/mol. The minimum atomic E-state index is -0.220. The second kappa shape index (κ2) is 8.24. The molecule has 6 nitrogen and oxygen atoms in total. The lowest BCUT2D eigenvalue weighted by Crippen LogP contribution is -2.29. The second-order valence-electron chi connectivity index (χ2n) is 5.28. The Bertz CT molecular complexity index is 646. The molecule has 0 fully saturated rings. The predicted molar refractivity (Wildman–Crippen MR) is 89.5 cm³/mol. The molecule has 0 aliphatic carbocycles. The average Bonchev–Trinajstić information content (AvgIpc) is 2.55. The van der Waals surface area contributed by atoms with Crippen LogP contribution in [0.4, 0.5) is 5.95 Å². The van der Waals surface area contributed by atoms with Crippen molar-refractivity contribution in [2.45, 2.75) is 13.5 Å². The van der Waals surface area contributed by atoms with Gasteiger partial charge in [0.05, 0.1) is 6.61 Å². The number of rotatable bonds is 7. The van der Waals surface area contributed by atoms with Gasteiger partial charge < -0.3 is 15.0 Å². The molecular weight excluding hydrogens is 292 g/mol. The van der Waals surface area contributed by atoms with E-state index in [2.05, 4.69) is 15.3 Å². The van der Waals surface area contributed by atoms with Crippen molar-refractivity contribution in [2.75, 3.05) is 32.2 Å². The number of anilines is 1. The van der Waals surface area contributed by atoms with Crippen molar-refractivity contribution in [3.8, 4) is 0 Å². The molecule has 0 aliphatic rings. The van der Waals surface area contributed by atoms with E-state index in [1.807, 2.05) is 49.2 Å². The number of carbonyl (C=O) groups is 1. The van der Waals surface area contributed by atoms with Crippen LogP contribution in [0.1, 0.15) is 21.7 Å². The van der Waals surface area contributed by atoms with Gasteiger partial charge in [-0.2, -0.15) is 0 Å². The van der Waals surface area contributed by atoms with Crippen LogP contribution in [-0.4, -0.2) is 43.2 Å². The molecule has 1 aromatic heterocycles. The van der Waals surface area contributed by atoms with E-state index in [-0.39, 0.29) is 5.91 Å². The van der Waals surface area contributed by atoms with Crippen molar-refractivity contribution in [1.29, 1.82) is 0 Å². The van der Waals surface area contributed by atoms with E-state index < -0.39 is 0 Å². The number of nitrogens with one attached hydrogen (secondary N) is 1. The molecule has 0 saturated heterocycles. The lowest BCUT2D eigenvalue weighted by atomic mass is 10.2. The summed E-state index contributed by atoms with van der Waals surface area (Å²) in [6, 6.07) is 11.7. The number of aryl methyl sites for hydroxylation is 1. The molecule has 1 heterocycles. The van der Waals surface area contributed by atoms with E-state index in [0.717, 1.165) is 11.3 Å². The molecule has 0 unspecified atom stereocenters. The Morgan fingerprint density at radius 2 is 2.00 bits per heavy atom. The normalized spacial score (nSPS) is 10.4. The van der Waals surface area contributed by atoms with Gasteiger partial charge in [0.15, 0.2) is 0 Å². The fourth-order valence-corrected chi connectivity index (χ4v) is 2.13. The smallest absolute Gasteiger partial charge is 0.270 e. The molecule has 1 N–H and O–H groups in total. The zero-order valence-corrected chi connectivity index (χ0v) is 13.7. The first-order valence-corrected chi connectivity index (χ1v) is 7.48. The molecule has 0 bridgehead atoms. The van der Waals surface area contributed by atoms with Crippen LogP contribution in [0.2, 0.25) is 0 Å². The van der Waals surface area contributed by atoms with Crippen LogP contribution >= 0.6 is 0 Å². The minimum absolute atomic E-state index is 0.220. The maximum absolute atomic E-state index is 12.1. The summed E-state index contributed by atoms with van der Waals surface area (Å²) in [5.74, 6) is 0.313.